The molecule has 3 heteroatoms. The number of nitrogens with zero attached hydrogens (tertiary/aromatic N) is 2. The van der Waals surface area contributed by atoms with Crippen LogP contribution in [-0.4, -0.2) is 23.1 Å². The maximum atomic E-state index is 8.23. The summed E-state index contributed by atoms with van der Waals surface area (Å²) in [6.07, 6.45) is 2.08. The van der Waals surface area contributed by atoms with Crippen molar-refractivity contribution in [3.8, 4) is 6.19 Å². The van der Waals surface area contributed by atoms with Crippen LogP contribution in [0, 0.1) is 11.5 Å². The van der Waals surface area contributed by atoms with Crippen molar-refractivity contribution in [2.24, 2.45) is 0 Å². The van der Waals surface area contributed by atoms with E-state index in [-0.39, 0.29) is 0 Å². The molecule has 0 aromatic carbocycles. The lowest BCUT2D eigenvalue weighted by Crippen LogP contribution is -2.10. The van der Waals surface area contributed by atoms with Gasteiger partial charge in [-0.05, 0) is 0 Å². The second-order valence-electron chi connectivity index (χ2n) is 1.40. The fourth-order valence-electron chi connectivity index (χ4n) is 0.493. The van der Waals surface area contributed by atoms with Crippen LogP contribution < -0.4 is 0 Å². The molecular formula is C4H6N2S. The highest BCUT2D eigenvalue weighted by molar-refractivity contribution is 7.99. The van der Waals surface area contributed by atoms with Crippen molar-refractivity contribution in [1.29, 1.82) is 5.26 Å². The Balaban J connectivity index is 2.31. The Labute approximate surface area is 47.1 Å². The minimum Gasteiger partial charge on any atom is -0.300 e. The van der Waals surface area contributed by atoms with Gasteiger partial charge in [-0.15, -0.1) is 11.8 Å². The van der Waals surface area contributed by atoms with Gasteiger partial charge in [0.05, 0.1) is 5.88 Å². The third-order valence-electron chi connectivity index (χ3n) is 0.894. The van der Waals surface area contributed by atoms with Gasteiger partial charge in [-0.3, -0.25) is 4.90 Å². The summed E-state index contributed by atoms with van der Waals surface area (Å²) in [7, 11) is 0. The second kappa shape index (κ2) is 2.08. The molecule has 0 N–H and O–H groups in total. The Kier molecular flexibility index (Phi) is 1.42. The molecule has 0 aliphatic carbocycles. The van der Waals surface area contributed by atoms with Gasteiger partial charge in [0.1, 0.15) is 0 Å². The molecule has 1 heterocycles. The Morgan fingerprint density at radius 3 is 2.86 bits per heavy atom. The molecule has 0 radical (unpaired) electrons. The highest BCUT2D eigenvalue weighted by Crippen LogP contribution is 2.10. The Hall–Kier alpha value is -0.360. The van der Waals surface area contributed by atoms with E-state index in [4.69, 9.17) is 5.26 Å². The van der Waals surface area contributed by atoms with Gasteiger partial charge in [0.15, 0.2) is 6.19 Å². The fraction of sp³-hybridized carbons (Fsp3) is 0.750. The molecule has 0 aromatic rings. The van der Waals surface area contributed by atoms with Gasteiger partial charge in [-0.1, -0.05) is 0 Å². The lowest BCUT2D eigenvalue weighted by molar-refractivity contribution is 0.510. The zero-order valence-electron chi connectivity index (χ0n) is 3.92. The molecule has 38 valence electrons. The normalized spacial score (nSPS) is 19.6. The first kappa shape index (κ1) is 4.79. The van der Waals surface area contributed by atoms with Crippen molar-refractivity contribution in [2.45, 2.75) is 0 Å². The molecule has 0 spiro atoms. The van der Waals surface area contributed by atoms with E-state index >= 15 is 0 Å². The van der Waals surface area contributed by atoms with Gasteiger partial charge in [-0.25, -0.2) is 0 Å². The SMILES string of the molecule is N#CN1CCSC1. The highest BCUT2D eigenvalue weighted by Gasteiger charge is 2.07. The molecule has 1 aliphatic heterocycles. The monoisotopic (exact) mass is 114 g/mol. The average molecular weight is 114 g/mol. The van der Waals surface area contributed by atoms with Crippen molar-refractivity contribution in [3.05, 3.63) is 0 Å². The average Bonchev–Trinajstić information content (AvgIpc) is 2.14. The lowest BCUT2D eigenvalue weighted by atomic mass is 10.7. The number of nitriles is 1. The molecule has 0 amide bonds. The summed E-state index contributed by atoms with van der Waals surface area (Å²) in [5, 5.41) is 8.23. The Bertz CT molecular complexity index is 90.4. The highest BCUT2D eigenvalue weighted by atomic mass is 32.2. The van der Waals surface area contributed by atoms with Crippen molar-refractivity contribution in [1.82, 2.24) is 4.90 Å². The first-order valence-corrected chi connectivity index (χ1v) is 3.31. The van der Waals surface area contributed by atoms with Crippen LogP contribution in [0.1, 0.15) is 0 Å². The predicted molar refractivity (Wildman–Crippen MR) is 29.6 cm³/mol. The van der Waals surface area contributed by atoms with E-state index in [2.05, 4.69) is 6.19 Å². The molecule has 1 saturated heterocycles. The van der Waals surface area contributed by atoms with E-state index in [1.807, 2.05) is 11.8 Å². The summed E-state index contributed by atoms with van der Waals surface area (Å²) in [6.45, 7) is 0.946. The van der Waals surface area contributed by atoms with E-state index in [9.17, 15) is 0 Å². The van der Waals surface area contributed by atoms with Crippen LogP contribution in [0.2, 0.25) is 0 Å². The van der Waals surface area contributed by atoms with Gasteiger partial charge in [0, 0.05) is 12.3 Å². The van der Waals surface area contributed by atoms with Gasteiger partial charge in [0.25, 0.3) is 0 Å². The number of thioether (sulfide) groups is 1. The summed E-state index contributed by atoms with van der Waals surface area (Å²) >= 11 is 1.81. The molecular weight excluding hydrogens is 108 g/mol. The van der Waals surface area contributed by atoms with Crippen LogP contribution in [0.4, 0.5) is 0 Å². The minimum atomic E-state index is 0.899. The van der Waals surface area contributed by atoms with Crippen LogP contribution >= 0.6 is 11.8 Å². The molecule has 0 saturated carbocycles. The molecule has 2 nitrogen and oxygen atoms in total. The molecule has 7 heavy (non-hydrogen) atoms. The minimum absolute atomic E-state index is 0.899. The number of rotatable bonds is 0. The van der Waals surface area contributed by atoms with Gasteiger partial charge >= 0.3 is 0 Å². The maximum Gasteiger partial charge on any atom is 0.180 e. The molecule has 1 fully saturated rings. The van der Waals surface area contributed by atoms with E-state index in [0.29, 0.717) is 0 Å². The van der Waals surface area contributed by atoms with Gasteiger partial charge in [0.2, 0.25) is 0 Å². The zero-order chi connectivity index (χ0) is 5.11. The van der Waals surface area contributed by atoms with E-state index in [1.165, 1.54) is 0 Å². The van der Waals surface area contributed by atoms with Crippen LogP contribution in [0.3, 0.4) is 0 Å². The molecule has 1 rings (SSSR count). The van der Waals surface area contributed by atoms with Crippen molar-refractivity contribution in [3.63, 3.8) is 0 Å². The summed E-state index contributed by atoms with van der Waals surface area (Å²) in [4.78, 5) is 1.75. The molecule has 1 aliphatic rings. The van der Waals surface area contributed by atoms with Crippen LogP contribution in [0.15, 0.2) is 0 Å². The topological polar surface area (TPSA) is 27.0 Å². The third kappa shape index (κ3) is 1.00. The van der Waals surface area contributed by atoms with Crippen molar-refractivity contribution >= 4 is 11.8 Å². The number of hydrogen-bond acceptors (Lipinski definition) is 3. The first-order chi connectivity index (χ1) is 3.43. The maximum absolute atomic E-state index is 8.23. The summed E-state index contributed by atoms with van der Waals surface area (Å²) in [6, 6.07) is 0. The quantitative estimate of drug-likeness (QED) is 0.428. The van der Waals surface area contributed by atoms with Gasteiger partial charge in [-0.2, -0.15) is 5.26 Å². The Morgan fingerprint density at radius 2 is 2.57 bits per heavy atom. The molecule has 0 atom stereocenters. The van der Waals surface area contributed by atoms with E-state index in [1.54, 1.807) is 4.90 Å². The lowest BCUT2D eigenvalue weighted by Gasteiger charge is -1.98. The smallest absolute Gasteiger partial charge is 0.180 e. The van der Waals surface area contributed by atoms with Crippen molar-refractivity contribution in [2.75, 3.05) is 18.2 Å². The number of hydrogen-bond donors (Lipinski definition) is 0. The third-order valence-corrected chi connectivity index (χ3v) is 1.86. The van der Waals surface area contributed by atoms with Crippen LogP contribution in [-0.2, 0) is 0 Å². The van der Waals surface area contributed by atoms with E-state index in [0.717, 1.165) is 18.2 Å². The predicted octanol–water partition coefficient (Wildman–Crippen LogP) is 0.474. The Morgan fingerprint density at radius 1 is 1.71 bits per heavy atom. The molecule has 0 unspecified atom stereocenters. The fourth-order valence-corrected chi connectivity index (χ4v) is 1.38. The van der Waals surface area contributed by atoms with Crippen molar-refractivity contribution < 1.29 is 0 Å². The first-order valence-electron chi connectivity index (χ1n) is 2.16. The van der Waals surface area contributed by atoms with Crippen LogP contribution in [0.25, 0.3) is 0 Å². The largest absolute Gasteiger partial charge is 0.300 e. The zero-order valence-corrected chi connectivity index (χ0v) is 4.74. The summed E-state index contributed by atoms with van der Waals surface area (Å²) < 4.78 is 0. The van der Waals surface area contributed by atoms with Gasteiger partial charge < -0.3 is 0 Å². The van der Waals surface area contributed by atoms with Crippen LogP contribution in [0.5, 0.6) is 0 Å². The van der Waals surface area contributed by atoms with E-state index < -0.39 is 0 Å². The second-order valence-corrected chi connectivity index (χ2v) is 2.48. The molecule has 0 bridgehead atoms. The molecule has 0 aromatic heterocycles. The summed E-state index contributed by atoms with van der Waals surface area (Å²) in [5.41, 5.74) is 0. The summed E-state index contributed by atoms with van der Waals surface area (Å²) in [5.74, 6) is 2.02. The standard InChI is InChI=1S/C4H6N2S/c5-3-6-1-2-7-4-6/h1-2,4H2.